The number of ketones is 1. The number of ether oxygens (including phenoxy) is 1. The quantitative estimate of drug-likeness (QED) is 0.828. The third kappa shape index (κ3) is 3.87. The van der Waals surface area contributed by atoms with Gasteiger partial charge in [0, 0.05) is 19.4 Å². The molecule has 1 aromatic carbocycles. The second kappa shape index (κ2) is 7.55. The summed E-state index contributed by atoms with van der Waals surface area (Å²) in [5.41, 5.74) is 2.43. The molecule has 0 aliphatic carbocycles. The molecule has 0 saturated carbocycles. The largest absolute Gasteiger partial charge is 0.486 e. The van der Waals surface area contributed by atoms with E-state index < -0.39 is 11.6 Å². The van der Waals surface area contributed by atoms with Crippen molar-refractivity contribution in [3.05, 3.63) is 34.8 Å². The smallest absolute Gasteiger partial charge is 0.248 e. The maximum Gasteiger partial charge on any atom is 0.248 e. The van der Waals surface area contributed by atoms with Crippen molar-refractivity contribution in [2.24, 2.45) is 0 Å². The van der Waals surface area contributed by atoms with E-state index in [1.807, 2.05) is 25.1 Å². The second-order valence-electron chi connectivity index (χ2n) is 7.63. The minimum absolute atomic E-state index is 0.0397. The van der Waals surface area contributed by atoms with Gasteiger partial charge < -0.3 is 9.64 Å². The van der Waals surface area contributed by atoms with Gasteiger partial charge in [0.2, 0.25) is 16.9 Å². The molecular weight excluding hydrogens is 392 g/mol. The minimum Gasteiger partial charge on any atom is -0.486 e. The zero-order valence-electron chi connectivity index (χ0n) is 16.3. The van der Waals surface area contributed by atoms with Crippen LogP contribution < -0.4 is 10.1 Å². The van der Waals surface area contributed by atoms with E-state index in [1.165, 1.54) is 16.8 Å². The van der Waals surface area contributed by atoms with E-state index in [9.17, 15) is 14.4 Å². The number of benzene rings is 1. The van der Waals surface area contributed by atoms with E-state index in [0.29, 0.717) is 35.8 Å². The fourth-order valence-corrected chi connectivity index (χ4v) is 4.38. The molecule has 9 heteroatoms. The Hall–Kier alpha value is -2.81. The SMILES string of the molecule is Cc1ccc2c(c1)C(=O)CC1(CCC(=O)N(C(C)C(=O)Nc3nncs3)CC1)O2. The van der Waals surface area contributed by atoms with Crippen LogP contribution in [0.2, 0.25) is 0 Å². The lowest BCUT2D eigenvalue weighted by atomic mass is 9.84. The molecular formula is C20H22N4O4S. The van der Waals surface area contributed by atoms with Gasteiger partial charge in [-0.2, -0.15) is 0 Å². The number of Topliss-reactive ketones (excluding diaryl/α,β-unsaturated/α-hetero) is 1. The highest BCUT2D eigenvalue weighted by Crippen LogP contribution is 2.40. The number of likely N-dealkylation sites (tertiary alicyclic amines) is 1. The molecule has 2 aliphatic rings. The van der Waals surface area contributed by atoms with Gasteiger partial charge in [0.15, 0.2) is 5.78 Å². The third-order valence-corrected chi connectivity index (χ3v) is 6.21. The molecule has 0 radical (unpaired) electrons. The van der Waals surface area contributed by atoms with Crippen molar-refractivity contribution in [1.82, 2.24) is 15.1 Å². The highest BCUT2D eigenvalue weighted by atomic mass is 32.1. The number of rotatable bonds is 3. The molecule has 2 atom stereocenters. The van der Waals surface area contributed by atoms with E-state index >= 15 is 0 Å². The maximum atomic E-state index is 12.8. The zero-order chi connectivity index (χ0) is 20.6. The van der Waals surface area contributed by atoms with E-state index in [2.05, 4.69) is 15.5 Å². The van der Waals surface area contributed by atoms with Gasteiger partial charge in [-0.15, -0.1) is 10.2 Å². The van der Waals surface area contributed by atoms with Crippen LogP contribution in [0.15, 0.2) is 23.7 Å². The summed E-state index contributed by atoms with van der Waals surface area (Å²) in [5, 5.41) is 10.6. The van der Waals surface area contributed by atoms with Gasteiger partial charge in [-0.1, -0.05) is 23.0 Å². The van der Waals surface area contributed by atoms with E-state index in [1.54, 1.807) is 11.8 Å². The summed E-state index contributed by atoms with van der Waals surface area (Å²) in [4.78, 5) is 39.6. The summed E-state index contributed by atoms with van der Waals surface area (Å²) in [6.07, 6.45) is 1.42. The minimum atomic E-state index is -0.709. The van der Waals surface area contributed by atoms with Crippen LogP contribution >= 0.6 is 11.3 Å². The summed E-state index contributed by atoms with van der Waals surface area (Å²) in [7, 11) is 0. The van der Waals surface area contributed by atoms with Crippen LogP contribution in [0.4, 0.5) is 5.13 Å². The summed E-state index contributed by atoms with van der Waals surface area (Å²) >= 11 is 1.22. The van der Waals surface area contributed by atoms with Crippen LogP contribution in [0.25, 0.3) is 0 Å². The van der Waals surface area contributed by atoms with Crippen molar-refractivity contribution in [3.8, 4) is 5.75 Å². The Labute approximate surface area is 172 Å². The predicted molar refractivity (Wildman–Crippen MR) is 107 cm³/mol. The molecule has 2 aliphatic heterocycles. The van der Waals surface area contributed by atoms with Gasteiger partial charge in [-0.25, -0.2) is 0 Å². The molecule has 29 heavy (non-hydrogen) atoms. The maximum absolute atomic E-state index is 12.8. The normalized spacial score (nSPS) is 22.6. The highest BCUT2D eigenvalue weighted by Gasteiger charge is 2.44. The number of hydrogen-bond acceptors (Lipinski definition) is 7. The lowest BCUT2D eigenvalue weighted by molar-refractivity contribution is -0.137. The third-order valence-electron chi connectivity index (χ3n) is 5.60. The van der Waals surface area contributed by atoms with Crippen LogP contribution in [0, 0.1) is 6.92 Å². The average molecular weight is 414 g/mol. The number of nitrogens with zero attached hydrogens (tertiary/aromatic N) is 3. The summed E-state index contributed by atoms with van der Waals surface area (Å²) in [6.45, 7) is 3.98. The summed E-state index contributed by atoms with van der Waals surface area (Å²) in [6, 6.07) is 4.93. The standard InChI is InChI=1S/C20H22N4O4S/c1-12-3-4-16-14(9-12)15(25)10-20(28-16)6-5-17(26)24(8-7-20)13(2)18(27)22-19-23-21-11-29-19/h3-4,9,11,13H,5-8,10H2,1-2H3,(H,22,23,27). The molecule has 1 aromatic heterocycles. The molecule has 2 unspecified atom stereocenters. The number of anilines is 1. The first-order valence-corrected chi connectivity index (χ1v) is 10.4. The van der Waals surface area contributed by atoms with Gasteiger partial charge in [0.05, 0.1) is 12.0 Å². The Morgan fingerprint density at radius 1 is 1.34 bits per heavy atom. The lowest BCUT2D eigenvalue weighted by Gasteiger charge is -2.37. The molecule has 1 N–H and O–H groups in total. The van der Waals surface area contributed by atoms with Crippen molar-refractivity contribution < 1.29 is 19.1 Å². The molecule has 8 nitrogen and oxygen atoms in total. The molecule has 4 rings (SSSR count). The summed E-state index contributed by atoms with van der Waals surface area (Å²) in [5.74, 6) is 0.188. The van der Waals surface area contributed by atoms with Crippen LogP contribution in [-0.2, 0) is 9.59 Å². The molecule has 1 spiro atoms. The van der Waals surface area contributed by atoms with E-state index in [4.69, 9.17) is 4.74 Å². The van der Waals surface area contributed by atoms with Gasteiger partial charge in [-0.05, 0) is 32.4 Å². The van der Waals surface area contributed by atoms with Gasteiger partial charge in [0.1, 0.15) is 22.9 Å². The topological polar surface area (TPSA) is 101 Å². The molecule has 2 aromatic rings. The monoisotopic (exact) mass is 414 g/mol. The fourth-order valence-electron chi connectivity index (χ4n) is 3.93. The zero-order valence-corrected chi connectivity index (χ0v) is 17.1. The number of fused-ring (bicyclic) bond motifs is 1. The first-order chi connectivity index (χ1) is 13.9. The number of aromatic nitrogens is 2. The van der Waals surface area contributed by atoms with Crippen LogP contribution in [0.3, 0.4) is 0 Å². The van der Waals surface area contributed by atoms with Gasteiger partial charge >= 0.3 is 0 Å². The van der Waals surface area contributed by atoms with Crippen LogP contribution in [0.5, 0.6) is 5.75 Å². The number of aryl methyl sites for hydroxylation is 1. The number of carbonyl (C=O) groups excluding carboxylic acids is 3. The van der Waals surface area contributed by atoms with Crippen molar-refractivity contribution in [3.63, 3.8) is 0 Å². The Kier molecular flexibility index (Phi) is 5.08. The first kappa shape index (κ1) is 19.5. The van der Waals surface area contributed by atoms with Crippen LogP contribution in [-0.4, -0.2) is 50.9 Å². The molecule has 152 valence electrons. The first-order valence-electron chi connectivity index (χ1n) is 9.56. The highest BCUT2D eigenvalue weighted by molar-refractivity contribution is 7.13. The second-order valence-corrected chi connectivity index (χ2v) is 8.46. The Morgan fingerprint density at radius 3 is 2.93 bits per heavy atom. The molecule has 1 fully saturated rings. The molecule has 2 amide bonds. The number of amides is 2. The number of carbonyl (C=O) groups is 3. The molecule has 0 bridgehead atoms. The van der Waals surface area contributed by atoms with Crippen molar-refractivity contribution >= 4 is 34.1 Å². The lowest BCUT2D eigenvalue weighted by Crippen LogP contribution is -2.46. The van der Waals surface area contributed by atoms with Crippen molar-refractivity contribution in [2.75, 3.05) is 11.9 Å². The number of hydrogen-bond donors (Lipinski definition) is 1. The van der Waals surface area contributed by atoms with Crippen molar-refractivity contribution in [2.45, 2.75) is 51.2 Å². The predicted octanol–water partition coefficient (Wildman–Crippen LogP) is 2.59. The van der Waals surface area contributed by atoms with E-state index in [-0.39, 0.29) is 30.4 Å². The molecule has 1 saturated heterocycles. The Morgan fingerprint density at radius 2 is 2.17 bits per heavy atom. The summed E-state index contributed by atoms with van der Waals surface area (Å²) < 4.78 is 6.27. The Balaban J connectivity index is 1.49. The van der Waals surface area contributed by atoms with Crippen LogP contribution in [0.1, 0.15) is 48.5 Å². The van der Waals surface area contributed by atoms with E-state index in [0.717, 1.165) is 5.56 Å². The Bertz CT molecular complexity index is 961. The van der Waals surface area contributed by atoms with Crippen molar-refractivity contribution in [1.29, 1.82) is 0 Å². The van der Waals surface area contributed by atoms with Gasteiger partial charge in [0.25, 0.3) is 0 Å². The number of nitrogens with one attached hydrogen (secondary N) is 1. The van der Waals surface area contributed by atoms with Gasteiger partial charge in [-0.3, -0.25) is 19.7 Å². The molecule has 3 heterocycles. The fraction of sp³-hybridized carbons (Fsp3) is 0.450. The average Bonchev–Trinajstić information content (AvgIpc) is 3.14.